The minimum absolute atomic E-state index is 0.0117. The Labute approximate surface area is 129 Å². The van der Waals surface area contributed by atoms with Crippen LogP contribution in [-0.4, -0.2) is 35.0 Å². The summed E-state index contributed by atoms with van der Waals surface area (Å²) in [6.45, 7) is 8.51. The number of hydrogen-bond acceptors (Lipinski definition) is 3. The summed E-state index contributed by atoms with van der Waals surface area (Å²) >= 11 is 1.57. The maximum atomic E-state index is 12.8. The second-order valence-electron chi connectivity index (χ2n) is 6.70. The first kappa shape index (κ1) is 16.0. The Kier molecular flexibility index (Phi) is 4.15. The van der Waals surface area contributed by atoms with Gasteiger partial charge in [-0.25, -0.2) is 0 Å². The number of carbonyl (C=O) groups excluding carboxylic acids is 1. The van der Waals surface area contributed by atoms with Gasteiger partial charge in [-0.2, -0.15) is 0 Å². The van der Waals surface area contributed by atoms with Gasteiger partial charge in [0.05, 0.1) is 10.8 Å². The number of aliphatic carboxylic acids is 1. The molecule has 21 heavy (non-hydrogen) atoms. The number of amides is 1. The second kappa shape index (κ2) is 5.44. The van der Waals surface area contributed by atoms with Crippen LogP contribution in [0.3, 0.4) is 0 Å². The quantitative estimate of drug-likeness (QED) is 0.930. The third kappa shape index (κ3) is 2.59. The molecule has 0 aromatic carbocycles. The maximum Gasteiger partial charge on any atom is 0.311 e. The van der Waals surface area contributed by atoms with Crippen LogP contribution >= 0.6 is 11.3 Å². The average molecular weight is 309 g/mol. The molecule has 1 atom stereocenters. The zero-order chi connectivity index (χ0) is 15.8. The molecule has 0 spiro atoms. The molecule has 2 rings (SSSR count). The Morgan fingerprint density at radius 3 is 2.52 bits per heavy atom. The molecule has 0 saturated carbocycles. The van der Waals surface area contributed by atoms with Gasteiger partial charge in [0.2, 0.25) is 5.91 Å². The highest BCUT2D eigenvalue weighted by Crippen LogP contribution is 2.40. The van der Waals surface area contributed by atoms with Crippen LogP contribution in [0.25, 0.3) is 0 Å². The zero-order valence-corrected chi connectivity index (χ0v) is 13.9. The lowest BCUT2D eigenvalue weighted by atomic mass is 9.76. The van der Waals surface area contributed by atoms with E-state index in [0.717, 1.165) is 4.88 Å². The van der Waals surface area contributed by atoms with Crippen LogP contribution in [-0.2, 0) is 15.0 Å². The van der Waals surface area contributed by atoms with E-state index in [2.05, 4.69) is 0 Å². The van der Waals surface area contributed by atoms with E-state index in [1.807, 2.05) is 45.2 Å². The highest BCUT2D eigenvalue weighted by molar-refractivity contribution is 7.10. The fraction of sp³-hybridized carbons (Fsp3) is 0.625. The number of carbonyl (C=O) groups is 2. The summed E-state index contributed by atoms with van der Waals surface area (Å²) in [6.07, 6.45) is 0.534. The van der Waals surface area contributed by atoms with Crippen LogP contribution in [0, 0.1) is 11.3 Å². The third-order valence-electron chi connectivity index (χ3n) is 4.79. The fourth-order valence-electron chi connectivity index (χ4n) is 3.03. The predicted octanol–water partition coefficient (Wildman–Crippen LogP) is 2.99. The van der Waals surface area contributed by atoms with Crippen LogP contribution in [0.1, 0.15) is 39.0 Å². The average Bonchev–Trinajstić information content (AvgIpc) is 3.07. The summed E-state index contributed by atoms with van der Waals surface area (Å²) in [4.78, 5) is 27.3. The number of likely N-dealkylation sites (tertiary alicyclic amines) is 1. The maximum absolute atomic E-state index is 12.8. The molecule has 1 aromatic rings. The Bertz CT molecular complexity index is 536. The number of hydrogen-bond donors (Lipinski definition) is 1. The Balaban J connectivity index is 2.21. The third-order valence-corrected chi connectivity index (χ3v) is 5.98. The van der Waals surface area contributed by atoms with E-state index in [9.17, 15) is 14.7 Å². The highest BCUT2D eigenvalue weighted by Gasteiger charge is 2.50. The summed E-state index contributed by atoms with van der Waals surface area (Å²) < 4.78 is 0. The van der Waals surface area contributed by atoms with Crippen molar-refractivity contribution in [3.05, 3.63) is 22.4 Å². The lowest BCUT2D eigenvalue weighted by Gasteiger charge is -2.32. The SMILES string of the molecule is CC(C)C1(C(=O)O)CCN(C(=O)C(C)(C)c2cccs2)C1. The van der Waals surface area contributed by atoms with E-state index >= 15 is 0 Å². The Morgan fingerprint density at radius 1 is 1.43 bits per heavy atom. The highest BCUT2D eigenvalue weighted by atomic mass is 32.1. The van der Waals surface area contributed by atoms with E-state index in [-0.39, 0.29) is 11.8 Å². The zero-order valence-electron chi connectivity index (χ0n) is 13.0. The van der Waals surface area contributed by atoms with Gasteiger partial charge in [0.1, 0.15) is 0 Å². The molecule has 0 bridgehead atoms. The largest absolute Gasteiger partial charge is 0.481 e. The molecule has 1 fully saturated rings. The number of nitrogens with zero attached hydrogens (tertiary/aromatic N) is 1. The summed E-state index contributed by atoms with van der Waals surface area (Å²) in [5, 5.41) is 11.5. The molecular weight excluding hydrogens is 286 g/mol. The van der Waals surface area contributed by atoms with Crippen molar-refractivity contribution in [2.75, 3.05) is 13.1 Å². The summed E-state index contributed by atoms with van der Waals surface area (Å²) in [6, 6.07) is 3.90. The molecule has 1 amide bonds. The molecule has 1 N–H and O–H groups in total. The summed E-state index contributed by atoms with van der Waals surface area (Å²) in [5.74, 6) is -0.756. The van der Waals surface area contributed by atoms with Crippen LogP contribution < -0.4 is 0 Å². The van der Waals surface area contributed by atoms with Crippen LogP contribution in [0.4, 0.5) is 0 Å². The van der Waals surface area contributed by atoms with Gasteiger partial charge in [-0.1, -0.05) is 19.9 Å². The number of carboxylic acids is 1. The first-order chi connectivity index (χ1) is 9.71. The van der Waals surface area contributed by atoms with Crippen LogP contribution in [0.5, 0.6) is 0 Å². The Hall–Kier alpha value is -1.36. The molecule has 1 aliphatic heterocycles. The van der Waals surface area contributed by atoms with Gasteiger partial charge in [-0.15, -0.1) is 11.3 Å². The fourth-order valence-corrected chi connectivity index (χ4v) is 3.88. The van der Waals surface area contributed by atoms with Gasteiger partial charge in [-0.3, -0.25) is 9.59 Å². The molecule has 116 valence electrons. The Morgan fingerprint density at radius 2 is 2.10 bits per heavy atom. The molecule has 0 aliphatic carbocycles. The smallest absolute Gasteiger partial charge is 0.311 e. The molecule has 2 heterocycles. The van der Waals surface area contributed by atoms with E-state index in [1.54, 1.807) is 16.2 Å². The standard InChI is InChI=1S/C16H23NO3S/c1-11(2)16(14(19)20)7-8-17(10-16)13(18)15(3,4)12-6-5-9-21-12/h5-6,9,11H,7-8,10H2,1-4H3,(H,19,20). The van der Waals surface area contributed by atoms with E-state index in [4.69, 9.17) is 0 Å². The van der Waals surface area contributed by atoms with Crippen molar-refractivity contribution in [1.82, 2.24) is 4.90 Å². The van der Waals surface area contributed by atoms with Crippen molar-refractivity contribution in [2.45, 2.75) is 39.5 Å². The van der Waals surface area contributed by atoms with Gasteiger partial charge in [0, 0.05) is 18.0 Å². The second-order valence-corrected chi connectivity index (χ2v) is 7.64. The van der Waals surface area contributed by atoms with Crippen LogP contribution in [0.15, 0.2) is 17.5 Å². The summed E-state index contributed by atoms with van der Waals surface area (Å²) in [7, 11) is 0. The van der Waals surface area contributed by atoms with Crippen molar-refractivity contribution < 1.29 is 14.7 Å². The number of carboxylic acid groups (broad SMARTS) is 1. The van der Waals surface area contributed by atoms with Gasteiger partial charge in [0.25, 0.3) is 0 Å². The molecule has 1 aliphatic rings. The molecule has 5 heteroatoms. The first-order valence-electron chi connectivity index (χ1n) is 7.28. The van der Waals surface area contributed by atoms with Crippen LogP contribution in [0.2, 0.25) is 0 Å². The molecule has 1 unspecified atom stereocenters. The molecule has 0 radical (unpaired) electrons. The minimum Gasteiger partial charge on any atom is -0.481 e. The molecule has 4 nitrogen and oxygen atoms in total. The van der Waals surface area contributed by atoms with Gasteiger partial charge in [-0.05, 0) is 37.6 Å². The van der Waals surface area contributed by atoms with Crippen molar-refractivity contribution in [3.8, 4) is 0 Å². The van der Waals surface area contributed by atoms with Gasteiger partial charge in [0.15, 0.2) is 0 Å². The number of rotatable bonds is 4. The van der Waals surface area contributed by atoms with Gasteiger partial charge >= 0.3 is 5.97 Å². The van der Waals surface area contributed by atoms with Crippen molar-refractivity contribution in [2.24, 2.45) is 11.3 Å². The molecule has 1 saturated heterocycles. The van der Waals surface area contributed by atoms with E-state index < -0.39 is 16.8 Å². The predicted molar refractivity (Wildman–Crippen MR) is 83.4 cm³/mol. The lowest BCUT2D eigenvalue weighted by Crippen LogP contribution is -2.45. The van der Waals surface area contributed by atoms with E-state index in [1.165, 1.54) is 0 Å². The van der Waals surface area contributed by atoms with Crippen molar-refractivity contribution in [1.29, 1.82) is 0 Å². The van der Waals surface area contributed by atoms with E-state index in [0.29, 0.717) is 19.5 Å². The van der Waals surface area contributed by atoms with Gasteiger partial charge < -0.3 is 10.0 Å². The molecular formula is C16H23NO3S. The molecule has 1 aromatic heterocycles. The normalized spacial score (nSPS) is 22.8. The summed E-state index contributed by atoms with van der Waals surface area (Å²) in [5.41, 5.74) is -1.40. The topological polar surface area (TPSA) is 57.6 Å². The lowest BCUT2D eigenvalue weighted by molar-refractivity contribution is -0.151. The van der Waals surface area contributed by atoms with Crippen molar-refractivity contribution in [3.63, 3.8) is 0 Å². The monoisotopic (exact) mass is 309 g/mol. The van der Waals surface area contributed by atoms with Crippen molar-refractivity contribution >= 4 is 23.2 Å². The number of thiophene rings is 1. The first-order valence-corrected chi connectivity index (χ1v) is 8.16. The minimum atomic E-state index is -0.804.